The Hall–Kier alpha value is -2.76. The summed E-state index contributed by atoms with van der Waals surface area (Å²) < 4.78 is 13.0. The first-order valence-electron chi connectivity index (χ1n) is 7.65. The maximum atomic E-state index is 13.0. The number of pyridine rings is 1. The number of carbonyl (C=O) groups excluding carboxylic acids is 2. The van der Waals surface area contributed by atoms with Crippen LogP contribution in [0.1, 0.15) is 25.0 Å². The topological polar surface area (TPSA) is 62.3 Å². The van der Waals surface area contributed by atoms with Gasteiger partial charge in [-0.25, -0.2) is 4.39 Å². The van der Waals surface area contributed by atoms with Gasteiger partial charge in [0, 0.05) is 32.4 Å². The van der Waals surface area contributed by atoms with Crippen molar-refractivity contribution in [3.63, 3.8) is 0 Å². The largest absolute Gasteiger partial charge is 0.350 e. The van der Waals surface area contributed by atoms with E-state index < -0.39 is 6.04 Å². The third-order valence-corrected chi connectivity index (χ3v) is 3.73. The average molecular weight is 329 g/mol. The Balaban J connectivity index is 1.99. The predicted octanol–water partition coefficient (Wildman–Crippen LogP) is 2.27. The van der Waals surface area contributed by atoms with Crippen LogP contribution >= 0.6 is 0 Å². The quantitative estimate of drug-likeness (QED) is 0.884. The van der Waals surface area contributed by atoms with Crippen LogP contribution in [0.5, 0.6) is 0 Å². The molecule has 0 aliphatic rings. The highest BCUT2D eigenvalue weighted by Gasteiger charge is 2.23. The molecule has 0 radical (unpaired) electrons. The molecule has 2 aromatic rings. The van der Waals surface area contributed by atoms with Crippen LogP contribution in [0.25, 0.3) is 0 Å². The number of rotatable bonds is 6. The summed E-state index contributed by atoms with van der Waals surface area (Å²) in [4.78, 5) is 29.6. The molecule has 2 amide bonds. The van der Waals surface area contributed by atoms with Crippen LogP contribution in [-0.4, -0.2) is 27.7 Å². The van der Waals surface area contributed by atoms with Gasteiger partial charge in [-0.1, -0.05) is 12.1 Å². The van der Waals surface area contributed by atoms with E-state index in [0.717, 1.165) is 11.1 Å². The number of aromatic nitrogens is 1. The van der Waals surface area contributed by atoms with Crippen molar-refractivity contribution in [2.24, 2.45) is 0 Å². The fourth-order valence-electron chi connectivity index (χ4n) is 2.29. The molecule has 0 fully saturated rings. The molecule has 1 heterocycles. The van der Waals surface area contributed by atoms with E-state index in [1.165, 1.54) is 24.0 Å². The summed E-state index contributed by atoms with van der Waals surface area (Å²) in [6.07, 6.45) is 3.31. The molecule has 1 aromatic carbocycles. The first kappa shape index (κ1) is 17.6. The highest BCUT2D eigenvalue weighted by atomic mass is 19.1. The van der Waals surface area contributed by atoms with Crippen molar-refractivity contribution in [2.45, 2.75) is 33.0 Å². The lowest BCUT2D eigenvalue weighted by atomic mass is 10.1. The Labute approximate surface area is 140 Å². The van der Waals surface area contributed by atoms with Crippen LogP contribution < -0.4 is 5.32 Å². The number of hydrogen-bond donors (Lipinski definition) is 1. The molecule has 1 unspecified atom stereocenters. The Morgan fingerprint density at radius 3 is 2.33 bits per heavy atom. The summed E-state index contributed by atoms with van der Waals surface area (Å²) in [7, 11) is 0. The SMILES string of the molecule is CC(=O)N(Cc1ccc(F)cc1)C(C)C(=O)NCc1ccncc1. The fourth-order valence-corrected chi connectivity index (χ4v) is 2.29. The van der Waals surface area contributed by atoms with E-state index in [1.807, 2.05) is 12.1 Å². The van der Waals surface area contributed by atoms with E-state index >= 15 is 0 Å². The van der Waals surface area contributed by atoms with Gasteiger partial charge in [0.05, 0.1) is 0 Å². The van der Waals surface area contributed by atoms with Crippen molar-refractivity contribution >= 4 is 11.8 Å². The maximum Gasteiger partial charge on any atom is 0.242 e. The number of hydrogen-bond acceptors (Lipinski definition) is 3. The summed E-state index contributed by atoms with van der Waals surface area (Å²) in [5.41, 5.74) is 1.69. The Bertz CT molecular complexity index is 689. The van der Waals surface area contributed by atoms with Crippen molar-refractivity contribution in [3.05, 3.63) is 65.7 Å². The fraction of sp³-hybridized carbons (Fsp3) is 0.278. The normalized spacial score (nSPS) is 11.6. The second-order valence-corrected chi connectivity index (χ2v) is 5.52. The molecule has 6 heteroatoms. The molecule has 126 valence electrons. The van der Waals surface area contributed by atoms with E-state index in [2.05, 4.69) is 10.3 Å². The average Bonchev–Trinajstić information content (AvgIpc) is 2.59. The lowest BCUT2D eigenvalue weighted by Crippen LogP contribution is -2.46. The van der Waals surface area contributed by atoms with Crippen molar-refractivity contribution in [2.75, 3.05) is 0 Å². The van der Waals surface area contributed by atoms with Gasteiger partial charge in [-0.2, -0.15) is 0 Å². The Morgan fingerprint density at radius 1 is 1.12 bits per heavy atom. The van der Waals surface area contributed by atoms with Crippen molar-refractivity contribution in [3.8, 4) is 0 Å². The lowest BCUT2D eigenvalue weighted by molar-refractivity contribution is -0.139. The monoisotopic (exact) mass is 329 g/mol. The number of halogens is 1. The van der Waals surface area contributed by atoms with E-state index in [-0.39, 0.29) is 24.2 Å². The van der Waals surface area contributed by atoms with Gasteiger partial charge in [-0.3, -0.25) is 14.6 Å². The van der Waals surface area contributed by atoms with Crippen molar-refractivity contribution < 1.29 is 14.0 Å². The molecule has 1 N–H and O–H groups in total. The van der Waals surface area contributed by atoms with Crippen LogP contribution in [0.4, 0.5) is 4.39 Å². The molecule has 1 aromatic heterocycles. The summed E-state index contributed by atoms with van der Waals surface area (Å²) in [5.74, 6) is -0.800. The van der Waals surface area contributed by atoms with E-state index in [0.29, 0.717) is 6.54 Å². The second-order valence-electron chi connectivity index (χ2n) is 5.52. The first-order valence-corrected chi connectivity index (χ1v) is 7.65. The highest BCUT2D eigenvalue weighted by molar-refractivity contribution is 5.86. The van der Waals surface area contributed by atoms with E-state index in [1.54, 1.807) is 31.5 Å². The number of amides is 2. The molecule has 0 saturated carbocycles. The van der Waals surface area contributed by atoms with Gasteiger partial charge in [0.25, 0.3) is 0 Å². The number of benzene rings is 1. The molecule has 0 bridgehead atoms. The van der Waals surface area contributed by atoms with Crippen LogP contribution in [-0.2, 0) is 22.7 Å². The van der Waals surface area contributed by atoms with E-state index in [9.17, 15) is 14.0 Å². The molecule has 1 atom stereocenters. The molecule has 0 spiro atoms. The van der Waals surface area contributed by atoms with Gasteiger partial charge < -0.3 is 10.2 Å². The van der Waals surface area contributed by atoms with Crippen molar-refractivity contribution in [1.82, 2.24) is 15.2 Å². The highest BCUT2D eigenvalue weighted by Crippen LogP contribution is 2.10. The minimum absolute atomic E-state index is 0.217. The molecule has 2 rings (SSSR count). The number of nitrogens with one attached hydrogen (secondary N) is 1. The number of carbonyl (C=O) groups is 2. The van der Waals surface area contributed by atoms with Gasteiger partial charge in [0.1, 0.15) is 11.9 Å². The zero-order valence-corrected chi connectivity index (χ0v) is 13.7. The minimum atomic E-state index is -0.630. The predicted molar refractivity (Wildman–Crippen MR) is 88.2 cm³/mol. The molecular formula is C18H20FN3O2. The molecular weight excluding hydrogens is 309 g/mol. The van der Waals surface area contributed by atoms with Crippen LogP contribution in [0.2, 0.25) is 0 Å². The van der Waals surface area contributed by atoms with E-state index in [4.69, 9.17) is 0 Å². The second kappa shape index (κ2) is 8.19. The van der Waals surface area contributed by atoms with Gasteiger partial charge in [0.2, 0.25) is 11.8 Å². The molecule has 0 saturated heterocycles. The van der Waals surface area contributed by atoms with Crippen molar-refractivity contribution in [1.29, 1.82) is 0 Å². The van der Waals surface area contributed by atoms with Gasteiger partial charge in [0.15, 0.2) is 0 Å². The van der Waals surface area contributed by atoms with Crippen LogP contribution in [0.15, 0.2) is 48.8 Å². The van der Waals surface area contributed by atoms with Gasteiger partial charge in [-0.15, -0.1) is 0 Å². The smallest absolute Gasteiger partial charge is 0.242 e. The van der Waals surface area contributed by atoms with Crippen LogP contribution in [0, 0.1) is 5.82 Å². The summed E-state index contributed by atoms with van der Waals surface area (Å²) in [6.45, 7) is 3.70. The Kier molecular flexibility index (Phi) is 6.01. The molecule has 24 heavy (non-hydrogen) atoms. The summed E-state index contributed by atoms with van der Waals surface area (Å²) >= 11 is 0. The Morgan fingerprint density at radius 2 is 1.75 bits per heavy atom. The molecule has 5 nitrogen and oxygen atoms in total. The minimum Gasteiger partial charge on any atom is -0.350 e. The van der Waals surface area contributed by atoms with Crippen LogP contribution in [0.3, 0.4) is 0 Å². The van der Waals surface area contributed by atoms with Gasteiger partial charge in [-0.05, 0) is 42.3 Å². The lowest BCUT2D eigenvalue weighted by Gasteiger charge is -2.27. The zero-order chi connectivity index (χ0) is 17.5. The standard InChI is InChI=1S/C18H20FN3O2/c1-13(18(24)21-11-15-7-9-20-10-8-15)22(14(2)23)12-16-3-5-17(19)6-4-16/h3-10,13H,11-12H2,1-2H3,(H,21,24). The zero-order valence-electron chi connectivity index (χ0n) is 13.7. The third kappa shape index (κ3) is 4.87. The third-order valence-electron chi connectivity index (χ3n) is 3.73. The number of nitrogens with zero attached hydrogens (tertiary/aromatic N) is 2. The van der Waals surface area contributed by atoms with Gasteiger partial charge >= 0.3 is 0 Å². The molecule has 0 aliphatic carbocycles. The first-order chi connectivity index (χ1) is 11.5. The summed E-state index contributed by atoms with van der Waals surface area (Å²) in [5, 5.41) is 2.81. The molecule has 0 aliphatic heterocycles. The maximum absolute atomic E-state index is 13.0. The summed E-state index contributed by atoms with van der Waals surface area (Å²) in [6, 6.07) is 8.87.